The monoisotopic (exact) mass is 175 g/mol. The van der Waals surface area contributed by atoms with Crippen molar-refractivity contribution in [3.05, 3.63) is 0 Å². The lowest BCUT2D eigenvalue weighted by molar-refractivity contribution is 0.320. The highest BCUT2D eigenvalue weighted by Gasteiger charge is 1.87. The molecule has 3 heteroatoms. The Kier molecular flexibility index (Phi) is 9.66. The molecule has 0 fully saturated rings. The van der Waals surface area contributed by atoms with Gasteiger partial charge in [-0.3, -0.25) is 0 Å². The summed E-state index contributed by atoms with van der Waals surface area (Å²) in [5, 5.41) is 11.0. The molecule has 0 amide bonds. The molecule has 0 atom stereocenters. The minimum absolute atomic E-state index is 0.912. The molecule has 0 aliphatic rings. The average molecular weight is 175 g/mol. The molecule has 0 saturated heterocycles. The van der Waals surface area contributed by atoms with E-state index in [9.17, 15) is 0 Å². The first kappa shape index (κ1) is 10.8. The number of thioether (sulfide) groups is 1. The second kappa shape index (κ2) is 9.82. The van der Waals surface area contributed by atoms with Crippen LogP contribution in [0.4, 0.5) is 0 Å². The first-order chi connectivity index (χ1) is 5.41. The van der Waals surface area contributed by atoms with Gasteiger partial charge in [-0.05, 0) is 31.3 Å². The zero-order chi connectivity index (χ0) is 8.36. The minimum Gasteiger partial charge on any atom is -0.411 e. The third kappa shape index (κ3) is 9.82. The maximum absolute atomic E-state index is 8.07. The van der Waals surface area contributed by atoms with Crippen molar-refractivity contribution in [2.45, 2.75) is 32.1 Å². The van der Waals surface area contributed by atoms with Crippen LogP contribution in [0.3, 0.4) is 0 Å². The van der Waals surface area contributed by atoms with Gasteiger partial charge in [-0.25, -0.2) is 0 Å². The number of unbranched alkanes of at least 4 members (excludes halogenated alkanes) is 4. The van der Waals surface area contributed by atoms with Gasteiger partial charge in [-0.1, -0.05) is 12.8 Å². The SMILES string of the molecule is CSCCCCCCC=NO. The summed E-state index contributed by atoms with van der Waals surface area (Å²) >= 11 is 1.90. The van der Waals surface area contributed by atoms with E-state index in [1.165, 1.54) is 25.0 Å². The van der Waals surface area contributed by atoms with E-state index in [1.54, 1.807) is 6.21 Å². The summed E-state index contributed by atoms with van der Waals surface area (Å²) in [5.41, 5.74) is 0. The van der Waals surface area contributed by atoms with Crippen LogP contribution in [0.25, 0.3) is 0 Å². The van der Waals surface area contributed by atoms with E-state index in [2.05, 4.69) is 11.4 Å². The zero-order valence-corrected chi connectivity index (χ0v) is 7.94. The Bertz CT molecular complexity index is 96.1. The van der Waals surface area contributed by atoms with E-state index in [-0.39, 0.29) is 0 Å². The molecule has 0 aliphatic heterocycles. The van der Waals surface area contributed by atoms with E-state index >= 15 is 0 Å². The van der Waals surface area contributed by atoms with Crippen LogP contribution in [0.2, 0.25) is 0 Å². The number of nitrogens with zero attached hydrogens (tertiary/aromatic N) is 1. The topological polar surface area (TPSA) is 32.6 Å². The van der Waals surface area contributed by atoms with Gasteiger partial charge < -0.3 is 5.21 Å². The van der Waals surface area contributed by atoms with Crippen molar-refractivity contribution in [1.29, 1.82) is 0 Å². The van der Waals surface area contributed by atoms with Crippen molar-refractivity contribution < 1.29 is 5.21 Å². The number of rotatable bonds is 7. The van der Waals surface area contributed by atoms with Crippen molar-refractivity contribution in [3.63, 3.8) is 0 Å². The third-order valence-electron chi connectivity index (χ3n) is 1.51. The standard InChI is InChI=1S/C8H17NOS/c1-11-8-6-4-2-3-5-7-9-10/h7,10H,2-6,8H2,1H3. The van der Waals surface area contributed by atoms with Gasteiger partial charge in [0, 0.05) is 6.21 Å². The number of hydrogen-bond acceptors (Lipinski definition) is 3. The van der Waals surface area contributed by atoms with Crippen LogP contribution in [0.1, 0.15) is 32.1 Å². The predicted molar refractivity (Wildman–Crippen MR) is 51.7 cm³/mol. The lowest BCUT2D eigenvalue weighted by Crippen LogP contribution is -1.82. The molecule has 11 heavy (non-hydrogen) atoms. The van der Waals surface area contributed by atoms with Crippen LogP contribution in [0.15, 0.2) is 5.16 Å². The smallest absolute Gasteiger partial charge is 0.0435 e. The molecule has 0 aliphatic carbocycles. The molecule has 0 radical (unpaired) electrons. The van der Waals surface area contributed by atoms with E-state index in [1.807, 2.05) is 11.8 Å². The zero-order valence-electron chi connectivity index (χ0n) is 7.12. The summed E-state index contributed by atoms with van der Waals surface area (Å²) in [6.45, 7) is 0. The first-order valence-electron chi connectivity index (χ1n) is 4.06. The fourth-order valence-electron chi connectivity index (χ4n) is 0.893. The summed E-state index contributed by atoms with van der Waals surface area (Å²) in [6.07, 6.45) is 9.64. The Morgan fingerprint density at radius 1 is 1.27 bits per heavy atom. The van der Waals surface area contributed by atoms with Crippen molar-refractivity contribution in [1.82, 2.24) is 0 Å². The van der Waals surface area contributed by atoms with Gasteiger partial charge in [-0.15, -0.1) is 5.16 Å². The molecule has 0 saturated carbocycles. The van der Waals surface area contributed by atoms with Gasteiger partial charge in [0.1, 0.15) is 0 Å². The van der Waals surface area contributed by atoms with Crippen LogP contribution in [0, 0.1) is 0 Å². The highest BCUT2D eigenvalue weighted by Crippen LogP contribution is 2.05. The van der Waals surface area contributed by atoms with E-state index in [0.717, 1.165) is 12.8 Å². The van der Waals surface area contributed by atoms with E-state index in [0.29, 0.717) is 0 Å². The number of hydrogen-bond donors (Lipinski definition) is 1. The summed E-state index contributed by atoms with van der Waals surface area (Å²) < 4.78 is 0. The van der Waals surface area contributed by atoms with E-state index < -0.39 is 0 Å². The fraction of sp³-hybridized carbons (Fsp3) is 0.875. The molecule has 0 bridgehead atoms. The highest BCUT2D eigenvalue weighted by atomic mass is 32.2. The van der Waals surface area contributed by atoms with Crippen molar-refractivity contribution in [3.8, 4) is 0 Å². The van der Waals surface area contributed by atoms with Crippen LogP contribution in [-0.4, -0.2) is 23.4 Å². The molecule has 0 aromatic heterocycles. The summed E-state index contributed by atoms with van der Waals surface area (Å²) in [4.78, 5) is 0. The first-order valence-corrected chi connectivity index (χ1v) is 5.46. The normalized spacial score (nSPS) is 11.0. The highest BCUT2D eigenvalue weighted by molar-refractivity contribution is 7.98. The molecule has 66 valence electrons. The second-order valence-electron chi connectivity index (χ2n) is 2.49. The Morgan fingerprint density at radius 3 is 2.64 bits per heavy atom. The van der Waals surface area contributed by atoms with Gasteiger partial charge in [0.15, 0.2) is 0 Å². The van der Waals surface area contributed by atoms with Gasteiger partial charge in [0.05, 0.1) is 0 Å². The Morgan fingerprint density at radius 2 is 2.00 bits per heavy atom. The lowest BCUT2D eigenvalue weighted by Gasteiger charge is -1.96. The van der Waals surface area contributed by atoms with Crippen LogP contribution < -0.4 is 0 Å². The minimum atomic E-state index is 0.912. The van der Waals surface area contributed by atoms with Crippen molar-refractivity contribution >= 4 is 18.0 Å². The third-order valence-corrected chi connectivity index (χ3v) is 2.21. The molecule has 0 unspecified atom stereocenters. The molecule has 0 rings (SSSR count). The maximum Gasteiger partial charge on any atom is 0.0435 e. The van der Waals surface area contributed by atoms with Crippen LogP contribution >= 0.6 is 11.8 Å². The van der Waals surface area contributed by atoms with Gasteiger partial charge in [-0.2, -0.15) is 11.8 Å². The summed E-state index contributed by atoms with van der Waals surface area (Å²) in [5.74, 6) is 1.27. The van der Waals surface area contributed by atoms with Crippen molar-refractivity contribution in [2.75, 3.05) is 12.0 Å². The van der Waals surface area contributed by atoms with Gasteiger partial charge in [0.25, 0.3) is 0 Å². The largest absolute Gasteiger partial charge is 0.411 e. The molecule has 1 N–H and O–H groups in total. The average Bonchev–Trinajstić information content (AvgIpc) is 2.03. The summed E-state index contributed by atoms with van der Waals surface area (Å²) in [6, 6.07) is 0. The quantitative estimate of drug-likeness (QED) is 0.279. The Hall–Kier alpha value is -0.180. The molecule has 0 heterocycles. The van der Waals surface area contributed by atoms with Crippen molar-refractivity contribution in [2.24, 2.45) is 5.16 Å². The summed E-state index contributed by atoms with van der Waals surface area (Å²) in [7, 11) is 0. The molecule has 2 nitrogen and oxygen atoms in total. The number of oxime groups is 1. The molecule has 0 aromatic carbocycles. The molecular formula is C8H17NOS. The second-order valence-corrected chi connectivity index (χ2v) is 3.48. The molecular weight excluding hydrogens is 158 g/mol. The predicted octanol–water partition coefficient (Wildman–Crippen LogP) is 2.76. The van der Waals surface area contributed by atoms with Gasteiger partial charge in [0.2, 0.25) is 0 Å². The van der Waals surface area contributed by atoms with Crippen LogP contribution in [-0.2, 0) is 0 Å². The molecule has 0 spiro atoms. The molecule has 0 aromatic rings. The fourth-order valence-corrected chi connectivity index (χ4v) is 1.39. The lowest BCUT2D eigenvalue weighted by atomic mass is 10.2. The maximum atomic E-state index is 8.07. The van der Waals surface area contributed by atoms with Crippen LogP contribution in [0.5, 0.6) is 0 Å². The Balaban J connectivity index is 2.79. The van der Waals surface area contributed by atoms with E-state index in [4.69, 9.17) is 5.21 Å². The van der Waals surface area contributed by atoms with Gasteiger partial charge >= 0.3 is 0 Å². The Labute approximate surface area is 73.1 Å².